The molecule has 2 aliphatic heterocycles. The van der Waals surface area contributed by atoms with Crippen molar-refractivity contribution < 1.29 is 0 Å². The van der Waals surface area contributed by atoms with E-state index < -0.39 is 0 Å². The van der Waals surface area contributed by atoms with Gasteiger partial charge in [-0.1, -0.05) is 33.6 Å². The summed E-state index contributed by atoms with van der Waals surface area (Å²) in [5.74, 6) is 0. The molecular formula is C11H24N2S. The molecule has 2 nitrogen and oxygen atoms in total. The Hall–Kier alpha value is 0.270. The van der Waals surface area contributed by atoms with Gasteiger partial charge in [0, 0.05) is 30.6 Å². The molecule has 2 aliphatic rings. The summed E-state index contributed by atoms with van der Waals surface area (Å²) >= 11 is 4.55. The molecule has 0 amide bonds. The summed E-state index contributed by atoms with van der Waals surface area (Å²) in [5.41, 5.74) is 0.758. The van der Waals surface area contributed by atoms with Gasteiger partial charge in [-0.05, 0) is 20.4 Å². The number of hydrogen-bond donors (Lipinski definition) is 1. The Morgan fingerprint density at radius 1 is 1.14 bits per heavy atom. The van der Waals surface area contributed by atoms with Crippen molar-refractivity contribution in [2.45, 2.75) is 39.7 Å². The molecule has 0 bridgehead atoms. The van der Waals surface area contributed by atoms with Gasteiger partial charge in [-0.2, -0.15) is 0 Å². The molecule has 0 radical (unpaired) electrons. The Kier molecular flexibility index (Phi) is 3.55. The average Bonchev–Trinajstić information content (AvgIpc) is 2.48. The first kappa shape index (κ1) is 12.3. The summed E-state index contributed by atoms with van der Waals surface area (Å²) in [6.45, 7) is 12.3. The van der Waals surface area contributed by atoms with E-state index in [1.165, 1.54) is 13.0 Å². The first-order valence-electron chi connectivity index (χ1n) is 5.63. The predicted molar refractivity (Wildman–Crippen MR) is 65.7 cm³/mol. The molecule has 0 aliphatic carbocycles. The second kappa shape index (κ2) is 4.03. The summed E-state index contributed by atoms with van der Waals surface area (Å²) in [6, 6.07) is 0. The molecule has 14 heavy (non-hydrogen) atoms. The number of rotatable bonds is 0. The van der Waals surface area contributed by atoms with Crippen molar-refractivity contribution in [2.24, 2.45) is 5.41 Å². The van der Waals surface area contributed by atoms with Gasteiger partial charge in [-0.3, -0.25) is 0 Å². The molecule has 2 heterocycles. The van der Waals surface area contributed by atoms with Crippen LogP contribution in [-0.2, 0) is 0 Å². The molecule has 0 N–H and O–H groups in total. The lowest BCUT2D eigenvalue weighted by atomic mass is 9.76. The third kappa shape index (κ3) is 1.59. The van der Waals surface area contributed by atoms with Gasteiger partial charge in [0.05, 0.1) is 0 Å². The van der Waals surface area contributed by atoms with Crippen LogP contribution in [0.25, 0.3) is 0 Å². The second-order valence-corrected chi connectivity index (χ2v) is 5.36. The lowest BCUT2D eigenvalue weighted by Gasteiger charge is -2.36. The van der Waals surface area contributed by atoms with Gasteiger partial charge in [0.25, 0.3) is 0 Å². The fourth-order valence-electron chi connectivity index (χ4n) is 2.88. The van der Waals surface area contributed by atoms with Crippen molar-refractivity contribution in [3.8, 4) is 0 Å². The maximum atomic E-state index is 4.55. The van der Waals surface area contributed by atoms with Crippen LogP contribution in [0.3, 0.4) is 0 Å². The smallest absolute Gasteiger partial charge is 0.0475 e. The Bertz CT molecular complexity index is 209. The monoisotopic (exact) mass is 216 g/mol. The Morgan fingerprint density at radius 2 is 1.71 bits per heavy atom. The zero-order chi connectivity index (χ0) is 11.0. The van der Waals surface area contributed by atoms with Gasteiger partial charge in [-0.25, -0.2) is 4.31 Å². The van der Waals surface area contributed by atoms with Gasteiger partial charge < -0.3 is 4.90 Å². The van der Waals surface area contributed by atoms with Crippen LogP contribution in [0.4, 0.5) is 0 Å². The van der Waals surface area contributed by atoms with Crippen LogP contribution in [0.15, 0.2) is 0 Å². The van der Waals surface area contributed by atoms with E-state index in [-0.39, 0.29) is 0 Å². The molecule has 84 valence electrons. The molecule has 2 atom stereocenters. The third-order valence-electron chi connectivity index (χ3n) is 3.94. The Labute approximate surface area is 94.2 Å². The van der Waals surface area contributed by atoms with Crippen LogP contribution in [0.5, 0.6) is 0 Å². The van der Waals surface area contributed by atoms with Gasteiger partial charge >= 0.3 is 0 Å². The number of thiol groups is 1. The fourth-order valence-corrected chi connectivity index (χ4v) is 3.28. The van der Waals surface area contributed by atoms with E-state index in [0.29, 0.717) is 11.0 Å². The highest BCUT2D eigenvalue weighted by molar-refractivity contribution is 7.77. The zero-order valence-corrected chi connectivity index (χ0v) is 11.1. The van der Waals surface area contributed by atoms with Crippen LogP contribution in [-0.4, -0.2) is 41.4 Å². The van der Waals surface area contributed by atoms with E-state index in [2.05, 4.69) is 42.9 Å². The molecule has 2 fully saturated rings. The third-order valence-corrected chi connectivity index (χ3v) is 4.58. The van der Waals surface area contributed by atoms with Crippen LogP contribution in [0.2, 0.25) is 0 Å². The molecule has 2 rings (SSSR count). The lowest BCUT2D eigenvalue weighted by Crippen LogP contribution is -2.46. The van der Waals surface area contributed by atoms with E-state index in [4.69, 9.17) is 0 Å². The topological polar surface area (TPSA) is 6.48 Å². The van der Waals surface area contributed by atoms with Gasteiger partial charge in [-0.15, -0.1) is 0 Å². The van der Waals surface area contributed by atoms with Crippen molar-refractivity contribution in [3.63, 3.8) is 0 Å². The minimum absolute atomic E-state index is 0.296. The summed E-state index contributed by atoms with van der Waals surface area (Å²) < 4.78 is 2.23. The van der Waals surface area contributed by atoms with Crippen molar-refractivity contribution in [3.05, 3.63) is 0 Å². The van der Waals surface area contributed by atoms with Gasteiger partial charge in [0.1, 0.15) is 0 Å². The molecule has 0 spiro atoms. The molecule has 0 aromatic carbocycles. The van der Waals surface area contributed by atoms with Gasteiger partial charge in [0.15, 0.2) is 0 Å². The van der Waals surface area contributed by atoms with Gasteiger partial charge in [0.2, 0.25) is 0 Å². The number of nitrogens with zero attached hydrogens (tertiary/aromatic N) is 2. The Balaban J connectivity index is 0.000000461. The van der Waals surface area contributed by atoms with E-state index >= 15 is 0 Å². The molecule has 0 aromatic rings. The highest BCUT2D eigenvalue weighted by Gasteiger charge is 2.57. The molecule has 0 unspecified atom stereocenters. The summed E-state index contributed by atoms with van der Waals surface area (Å²) in [5, 5.41) is 0. The molecule has 3 heteroatoms. The normalized spacial score (nSPS) is 43.3. The predicted octanol–water partition coefficient (Wildman–Crippen LogP) is 2.27. The van der Waals surface area contributed by atoms with E-state index in [1.807, 2.05) is 13.8 Å². The number of likely N-dealkylation sites (tertiary alicyclic amines) is 1. The summed E-state index contributed by atoms with van der Waals surface area (Å²) in [7, 11) is 2.20. The van der Waals surface area contributed by atoms with Crippen LogP contribution in [0.1, 0.15) is 34.1 Å². The van der Waals surface area contributed by atoms with E-state index in [1.54, 1.807) is 0 Å². The summed E-state index contributed by atoms with van der Waals surface area (Å²) in [4.78, 5) is 2.42. The number of likely N-dealkylation sites (N-methyl/N-ethyl adjacent to an activating group) is 1. The first-order valence-corrected chi connectivity index (χ1v) is 6.03. The van der Waals surface area contributed by atoms with Crippen molar-refractivity contribution in [2.75, 3.05) is 26.7 Å². The van der Waals surface area contributed by atoms with E-state index in [9.17, 15) is 0 Å². The highest BCUT2D eigenvalue weighted by Crippen LogP contribution is 2.50. The summed E-state index contributed by atoms with van der Waals surface area (Å²) in [6.07, 6.45) is 1.29. The average molecular weight is 216 g/mol. The molecule has 2 saturated heterocycles. The Morgan fingerprint density at radius 3 is 2.21 bits per heavy atom. The van der Waals surface area contributed by atoms with E-state index in [0.717, 1.165) is 13.1 Å². The zero-order valence-electron chi connectivity index (χ0n) is 10.2. The maximum Gasteiger partial charge on any atom is 0.0475 e. The second-order valence-electron chi connectivity index (χ2n) is 4.88. The largest absolute Gasteiger partial charge is 0.304 e. The standard InChI is InChI=1S/C9H18N2S.C2H6/c1-8-4-5-11(12)9(8,2)7-10(3)6-8;1-2/h12H,4-7H2,1-3H3;1-2H3/t8-,9+;/m1./s1. The lowest BCUT2D eigenvalue weighted by molar-refractivity contribution is 0.193. The first-order chi connectivity index (χ1) is 6.48. The van der Waals surface area contributed by atoms with Crippen molar-refractivity contribution >= 4 is 12.8 Å². The minimum atomic E-state index is 0.296. The van der Waals surface area contributed by atoms with Crippen LogP contribution in [0, 0.1) is 5.41 Å². The van der Waals surface area contributed by atoms with Crippen LogP contribution >= 0.6 is 12.8 Å². The molecular weight excluding hydrogens is 192 g/mol. The van der Waals surface area contributed by atoms with Crippen LogP contribution < -0.4 is 0 Å². The molecule has 0 aromatic heterocycles. The van der Waals surface area contributed by atoms with Crippen molar-refractivity contribution in [1.82, 2.24) is 9.21 Å². The SMILES string of the molecule is CC.CN1C[C@@]2(C)CCN(S)[C@@]2(C)C1. The minimum Gasteiger partial charge on any atom is -0.304 e. The van der Waals surface area contributed by atoms with Crippen molar-refractivity contribution in [1.29, 1.82) is 0 Å². The number of hydrogen-bond acceptors (Lipinski definition) is 3. The fraction of sp³-hybridized carbons (Fsp3) is 1.00. The number of fused-ring (bicyclic) bond motifs is 1. The maximum absolute atomic E-state index is 4.55. The highest BCUT2D eigenvalue weighted by atomic mass is 32.1. The quantitative estimate of drug-likeness (QED) is 0.621. The molecule has 0 saturated carbocycles.